The number of sulfone groups is 1. The van der Waals surface area contributed by atoms with Crippen LogP contribution in [-0.4, -0.2) is 51.7 Å². The number of nitrogens with zero attached hydrogens (tertiary/aromatic N) is 3. The van der Waals surface area contributed by atoms with Crippen LogP contribution in [0.5, 0.6) is 0 Å². The Balaban J connectivity index is 1.40. The van der Waals surface area contributed by atoms with Gasteiger partial charge in [-0.05, 0) is 60.5 Å². The smallest absolute Gasteiger partial charge is 0.335 e. The lowest BCUT2D eigenvalue weighted by atomic mass is 9.96. The van der Waals surface area contributed by atoms with Crippen LogP contribution in [-0.2, 0) is 16.3 Å². The van der Waals surface area contributed by atoms with Gasteiger partial charge in [-0.25, -0.2) is 13.2 Å². The average molecular weight is 593 g/mol. The Morgan fingerprint density at radius 3 is 2.35 bits per heavy atom. The molecular weight excluding hydrogens is 564 g/mol. The molecule has 0 spiro atoms. The molecule has 1 atom stereocenters. The van der Waals surface area contributed by atoms with Gasteiger partial charge in [-0.1, -0.05) is 48.5 Å². The predicted molar refractivity (Wildman–Crippen MR) is 164 cm³/mol. The lowest BCUT2D eigenvalue weighted by molar-refractivity contribution is 0.0696. The maximum atomic E-state index is 13.1. The van der Waals surface area contributed by atoms with Crippen LogP contribution in [0.25, 0.3) is 22.6 Å². The summed E-state index contributed by atoms with van der Waals surface area (Å²) in [5.41, 5.74) is 5.88. The van der Waals surface area contributed by atoms with Crippen molar-refractivity contribution in [2.75, 3.05) is 16.8 Å². The zero-order chi connectivity index (χ0) is 30.0. The largest absolute Gasteiger partial charge is 0.478 e. The highest BCUT2D eigenvalue weighted by Crippen LogP contribution is 2.37. The zero-order valence-corrected chi connectivity index (χ0v) is 23.9. The number of hydrogen-bond acceptors (Lipinski definition) is 6. The van der Waals surface area contributed by atoms with Crippen LogP contribution in [0.2, 0.25) is 0 Å². The molecule has 5 aromatic rings. The fraction of sp³-hybridized carbons (Fsp3) is 0.152. The van der Waals surface area contributed by atoms with Gasteiger partial charge in [-0.15, -0.1) is 0 Å². The molecule has 0 bridgehead atoms. The minimum atomic E-state index is -3.17. The lowest BCUT2D eigenvalue weighted by Crippen LogP contribution is -2.14. The molecule has 1 aliphatic rings. The topological polar surface area (TPSA) is 131 Å². The van der Waals surface area contributed by atoms with Gasteiger partial charge in [-0.3, -0.25) is 14.5 Å². The Kier molecular flexibility index (Phi) is 7.60. The third-order valence-corrected chi connectivity index (χ3v) is 9.23. The minimum absolute atomic E-state index is 0.0265. The number of anilines is 1. The first-order chi connectivity index (χ1) is 20.8. The molecule has 1 aliphatic heterocycles. The molecule has 3 heterocycles. The van der Waals surface area contributed by atoms with Crippen molar-refractivity contribution < 1.29 is 23.1 Å². The predicted octanol–water partition coefficient (Wildman–Crippen LogP) is 5.51. The number of hydrogen-bond donors (Lipinski definition) is 2. The summed E-state index contributed by atoms with van der Waals surface area (Å²) in [6.07, 6.45) is 2.60. The number of aromatic nitrogens is 3. The third-order valence-electron chi connectivity index (χ3n) is 7.48. The molecule has 43 heavy (non-hydrogen) atoms. The maximum Gasteiger partial charge on any atom is 0.335 e. The van der Waals surface area contributed by atoms with Gasteiger partial charge in [0.2, 0.25) is 0 Å². The SMILES string of the molecule is O=C(O)c1ccc(NC(=O)c2cccc(Cc3c(-c4ccccn4)nn(C4CCS(=O)(=O)C4)c3-c3ccccc3)c2)cc1. The third kappa shape index (κ3) is 6.09. The van der Waals surface area contributed by atoms with E-state index in [1.54, 1.807) is 24.4 Å². The first kappa shape index (κ1) is 28.0. The second kappa shape index (κ2) is 11.7. The summed E-state index contributed by atoms with van der Waals surface area (Å²) in [4.78, 5) is 28.9. The second-order valence-electron chi connectivity index (χ2n) is 10.5. The van der Waals surface area contributed by atoms with E-state index in [1.165, 1.54) is 12.1 Å². The van der Waals surface area contributed by atoms with Crippen molar-refractivity contribution in [1.29, 1.82) is 0 Å². The monoisotopic (exact) mass is 592 g/mol. The van der Waals surface area contributed by atoms with Gasteiger partial charge in [0.25, 0.3) is 5.91 Å². The van der Waals surface area contributed by atoms with Gasteiger partial charge < -0.3 is 10.4 Å². The molecule has 1 unspecified atom stereocenters. The summed E-state index contributed by atoms with van der Waals surface area (Å²) >= 11 is 0. The van der Waals surface area contributed by atoms with Crippen LogP contribution in [0.15, 0.2) is 103 Å². The van der Waals surface area contributed by atoms with Crippen molar-refractivity contribution in [2.24, 2.45) is 0 Å². The minimum Gasteiger partial charge on any atom is -0.478 e. The van der Waals surface area contributed by atoms with E-state index in [4.69, 9.17) is 10.2 Å². The lowest BCUT2D eigenvalue weighted by Gasteiger charge is -2.15. The van der Waals surface area contributed by atoms with Crippen LogP contribution in [0, 0.1) is 0 Å². The van der Waals surface area contributed by atoms with Gasteiger partial charge in [-0.2, -0.15) is 5.10 Å². The van der Waals surface area contributed by atoms with E-state index in [-0.39, 0.29) is 29.0 Å². The van der Waals surface area contributed by atoms with Gasteiger partial charge >= 0.3 is 5.97 Å². The standard InChI is InChI=1S/C33H28N4O5S/c38-32(35-26-14-12-24(13-15-26)33(39)40)25-10-6-7-22(19-25)20-28-30(29-11-4-5-17-34-29)36-37(27-16-18-43(41,42)21-27)31(28)23-8-2-1-3-9-23/h1-15,17,19,27H,16,18,20-21H2,(H,35,38)(H,39,40). The molecule has 0 radical (unpaired) electrons. The highest BCUT2D eigenvalue weighted by Gasteiger charge is 2.33. The van der Waals surface area contributed by atoms with Crippen LogP contribution < -0.4 is 5.32 Å². The van der Waals surface area contributed by atoms with E-state index in [0.717, 1.165) is 22.4 Å². The van der Waals surface area contributed by atoms with Crippen molar-refractivity contribution in [3.05, 3.63) is 126 Å². The molecule has 3 aromatic carbocycles. The van der Waals surface area contributed by atoms with Gasteiger partial charge in [0.15, 0.2) is 9.84 Å². The number of carbonyl (C=O) groups is 2. The van der Waals surface area contributed by atoms with Crippen molar-refractivity contribution in [3.63, 3.8) is 0 Å². The molecule has 2 aromatic heterocycles. The number of amides is 1. The number of carboxylic acids is 1. The normalized spacial score (nSPS) is 15.7. The maximum absolute atomic E-state index is 13.1. The van der Waals surface area contributed by atoms with Gasteiger partial charge in [0, 0.05) is 35.0 Å². The molecule has 1 amide bonds. The molecule has 1 saturated heterocycles. The molecule has 0 aliphatic carbocycles. The number of pyridine rings is 1. The molecule has 1 fully saturated rings. The molecule has 216 valence electrons. The number of carboxylic acid groups (broad SMARTS) is 1. The number of rotatable bonds is 8. The van der Waals surface area contributed by atoms with Gasteiger partial charge in [0.1, 0.15) is 5.69 Å². The summed E-state index contributed by atoms with van der Waals surface area (Å²) in [5, 5.41) is 17.0. The Morgan fingerprint density at radius 1 is 0.907 bits per heavy atom. The van der Waals surface area contributed by atoms with Crippen molar-refractivity contribution in [1.82, 2.24) is 14.8 Å². The molecule has 2 N–H and O–H groups in total. The molecule has 10 heteroatoms. The van der Waals surface area contributed by atoms with E-state index < -0.39 is 15.8 Å². The van der Waals surface area contributed by atoms with E-state index in [9.17, 15) is 18.0 Å². The van der Waals surface area contributed by atoms with E-state index >= 15 is 0 Å². The number of benzene rings is 3. The second-order valence-corrected chi connectivity index (χ2v) is 12.7. The first-order valence-corrected chi connectivity index (χ1v) is 15.6. The van der Waals surface area contributed by atoms with E-state index in [0.29, 0.717) is 35.5 Å². The summed E-state index contributed by atoms with van der Waals surface area (Å²) < 4.78 is 26.8. The molecule has 9 nitrogen and oxygen atoms in total. The van der Waals surface area contributed by atoms with Crippen LogP contribution in [0.4, 0.5) is 5.69 Å². The summed E-state index contributed by atoms with van der Waals surface area (Å²) in [5.74, 6) is -1.22. The summed E-state index contributed by atoms with van der Waals surface area (Å²) in [6.45, 7) is 0. The highest BCUT2D eigenvalue weighted by molar-refractivity contribution is 7.91. The van der Waals surface area contributed by atoms with E-state index in [2.05, 4.69) is 10.3 Å². The highest BCUT2D eigenvalue weighted by atomic mass is 32.2. The van der Waals surface area contributed by atoms with Crippen LogP contribution in [0.1, 0.15) is 44.3 Å². The Hall–Kier alpha value is -5.09. The Labute approximate surface area is 248 Å². The van der Waals surface area contributed by atoms with Crippen molar-refractivity contribution in [3.8, 4) is 22.6 Å². The van der Waals surface area contributed by atoms with Crippen LogP contribution >= 0.6 is 0 Å². The van der Waals surface area contributed by atoms with Crippen molar-refractivity contribution >= 4 is 27.4 Å². The fourth-order valence-corrected chi connectivity index (χ4v) is 7.10. The number of nitrogens with one attached hydrogen (secondary N) is 1. The molecular formula is C33H28N4O5S. The first-order valence-electron chi connectivity index (χ1n) is 13.8. The number of aromatic carboxylic acids is 1. The summed E-state index contributed by atoms with van der Waals surface area (Å²) in [7, 11) is -3.17. The zero-order valence-electron chi connectivity index (χ0n) is 23.1. The quantitative estimate of drug-likeness (QED) is 0.243. The van der Waals surface area contributed by atoms with Crippen molar-refractivity contribution in [2.45, 2.75) is 18.9 Å². The van der Waals surface area contributed by atoms with Crippen LogP contribution in [0.3, 0.4) is 0 Å². The fourth-order valence-electron chi connectivity index (χ4n) is 5.41. The van der Waals surface area contributed by atoms with Gasteiger partial charge in [0.05, 0.1) is 34.5 Å². The molecule has 0 saturated carbocycles. The van der Waals surface area contributed by atoms with E-state index in [1.807, 2.05) is 71.4 Å². The molecule has 6 rings (SSSR count). The summed E-state index contributed by atoms with van der Waals surface area (Å²) in [6, 6.07) is 28.3. The average Bonchev–Trinajstić information content (AvgIpc) is 3.58. The Morgan fingerprint density at radius 2 is 1.67 bits per heavy atom. The number of carbonyl (C=O) groups excluding carboxylic acids is 1. The Bertz CT molecular complexity index is 1900.